The van der Waals surface area contributed by atoms with E-state index < -0.39 is 18.4 Å². The zero-order chi connectivity index (χ0) is 16.1. The number of hydrogen-bond donors (Lipinski definition) is 2. The number of methoxy groups -OCH3 is 1. The highest BCUT2D eigenvalue weighted by atomic mass is 16.5. The van der Waals surface area contributed by atoms with Crippen molar-refractivity contribution in [2.75, 3.05) is 26.8 Å². The summed E-state index contributed by atoms with van der Waals surface area (Å²) < 4.78 is 10.3. The molecule has 22 heavy (non-hydrogen) atoms. The van der Waals surface area contributed by atoms with Gasteiger partial charge in [-0.1, -0.05) is 0 Å². The minimum Gasteiger partial charge on any atom is -0.480 e. The first kappa shape index (κ1) is 15.8. The standard InChI is InChI=1S/C14H17N3O5/c1-9-3-4-12(22-9)10-7-11(16-15-10)14(20)17(5-6-21-2)8-13(18)19/h3-4,7H,5-6,8H2,1-2H3,(H,15,16)(H,18,19). The Morgan fingerprint density at radius 3 is 2.82 bits per heavy atom. The van der Waals surface area contributed by atoms with Gasteiger partial charge in [-0.25, -0.2) is 0 Å². The van der Waals surface area contributed by atoms with Crippen LogP contribution in [-0.2, 0) is 9.53 Å². The fourth-order valence-corrected chi connectivity index (χ4v) is 1.92. The molecule has 0 aliphatic heterocycles. The van der Waals surface area contributed by atoms with Crippen LogP contribution < -0.4 is 0 Å². The van der Waals surface area contributed by atoms with E-state index in [-0.39, 0.29) is 18.8 Å². The van der Waals surface area contributed by atoms with Crippen LogP contribution in [0.25, 0.3) is 11.5 Å². The summed E-state index contributed by atoms with van der Waals surface area (Å²) in [7, 11) is 1.48. The summed E-state index contributed by atoms with van der Waals surface area (Å²) in [6.07, 6.45) is 0. The molecule has 1 amide bonds. The third kappa shape index (κ3) is 3.73. The molecule has 0 aliphatic carbocycles. The molecule has 0 aromatic carbocycles. The van der Waals surface area contributed by atoms with Crippen molar-refractivity contribution < 1.29 is 23.8 Å². The minimum atomic E-state index is -1.10. The minimum absolute atomic E-state index is 0.126. The smallest absolute Gasteiger partial charge is 0.323 e. The Hall–Kier alpha value is -2.61. The summed E-state index contributed by atoms with van der Waals surface area (Å²) in [4.78, 5) is 24.4. The quantitative estimate of drug-likeness (QED) is 0.794. The molecule has 0 aliphatic rings. The highest BCUT2D eigenvalue weighted by molar-refractivity contribution is 5.94. The maximum atomic E-state index is 12.3. The van der Waals surface area contributed by atoms with E-state index in [0.29, 0.717) is 11.5 Å². The van der Waals surface area contributed by atoms with Gasteiger partial charge in [-0.05, 0) is 19.1 Å². The van der Waals surface area contributed by atoms with Crippen LogP contribution in [0.5, 0.6) is 0 Å². The predicted molar refractivity (Wildman–Crippen MR) is 76.4 cm³/mol. The second kappa shape index (κ2) is 6.90. The Kier molecular flexibility index (Phi) is 4.95. The zero-order valence-electron chi connectivity index (χ0n) is 12.3. The fraction of sp³-hybridized carbons (Fsp3) is 0.357. The zero-order valence-corrected chi connectivity index (χ0v) is 12.3. The molecule has 8 nitrogen and oxygen atoms in total. The largest absolute Gasteiger partial charge is 0.480 e. The van der Waals surface area contributed by atoms with E-state index in [4.69, 9.17) is 14.3 Å². The number of aromatic amines is 1. The first-order valence-electron chi connectivity index (χ1n) is 6.63. The molecule has 0 atom stereocenters. The third-order valence-electron chi connectivity index (χ3n) is 2.98. The highest BCUT2D eigenvalue weighted by Gasteiger charge is 2.21. The molecule has 0 unspecified atom stereocenters. The summed E-state index contributed by atoms with van der Waals surface area (Å²) in [5, 5.41) is 15.5. The van der Waals surface area contributed by atoms with Crippen LogP contribution in [0, 0.1) is 6.92 Å². The Labute approximate surface area is 126 Å². The van der Waals surface area contributed by atoms with E-state index in [0.717, 1.165) is 5.76 Å². The van der Waals surface area contributed by atoms with E-state index in [9.17, 15) is 9.59 Å². The molecule has 8 heteroatoms. The lowest BCUT2D eigenvalue weighted by atomic mass is 10.2. The lowest BCUT2D eigenvalue weighted by Gasteiger charge is -2.18. The number of carboxylic acids is 1. The van der Waals surface area contributed by atoms with Gasteiger partial charge in [-0.15, -0.1) is 0 Å². The molecule has 2 N–H and O–H groups in total. The maximum Gasteiger partial charge on any atom is 0.323 e. The van der Waals surface area contributed by atoms with E-state index >= 15 is 0 Å². The number of carboxylic acid groups (broad SMARTS) is 1. The topological polar surface area (TPSA) is 109 Å². The van der Waals surface area contributed by atoms with Crippen LogP contribution in [0.4, 0.5) is 0 Å². The number of aryl methyl sites for hydroxylation is 1. The first-order chi connectivity index (χ1) is 10.5. The normalized spacial score (nSPS) is 10.6. The van der Waals surface area contributed by atoms with Crippen molar-refractivity contribution in [3.8, 4) is 11.5 Å². The molecule has 0 fully saturated rings. The molecule has 0 bridgehead atoms. The summed E-state index contributed by atoms with van der Waals surface area (Å²) >= 11 is 0. The Morgan fingerprint density at radius 2 is 2.23 bits per heavy atom. The van der Waals surface area contributed by atoms with Crippen LogP contribution in [0.1, 0.15) is 16.2 Å². The number of aliphatic carboxylic acids is 1. The van der Waals surface area contributed by atoms with Crippen LogP contribution >= 0.6 is 0 Å². The molecule has 2 heterocycles. The lowest BCUT2D eigenvalue weighted by molar-refractivity contribution is -0.137. The summed E-state index contributed by atoms with van der Waals surface area (Å²) in [5.74, 6) is -0.275. The summed E-state index contributed by atoms with van der Waals surface area (Å²) in [6.45, 7) is 1.81. The van der Waals surface area contributed by atoms with Gasteiger partial charge >= 0.3 is 5.97 Å². The number of aromatic nitrogens is 2. The molecule has 2 rings (SSSR count). The van der Waals surface area contributed by atoms with Crippen molar-refractivity contribution in [1.29, 1.82) is 0 Å². The van der Waals surface area contributed by atoms with Gasteiger partial charge in [0.15, 0.2) is 11.5 Å². The third-order valence-corrected chi connectivity index (χ3v) is 2.98. The Bertz CT molecular complexity index is 661. The number of H-pyrrole nitrogens is 1. The molecular weight excluding hydrogens is 290 g/mol. The van der Waals surface area contributed by atoms with E-state index in [1.807, 2.05) is 6.92 Å². The molecule has 2 aromatic rings. The van der Waals surface area contributed by atoms with Gasteiger partial charge in [0, 0.05) is 19.7 Å². The van der Waals surface area contributed by atoms with E-state index in [1.165, 1.54) is 18.1 Å². The van der Waals surface area contributed by atoms with Gasteiger partial charge < -0.3 is 19.2 Å². The first-order valence-corrected chi connectivity index (χ1v) is 6.63. The van der Waals surface area contributed by atoms with Gasteiger partial charge in [0.05, 0.1) is 6.61 Å². The fourth-order valence-electron chi connectivity index (χ4n) is 1.92. The van der Waals surface area contributed by atoms with Crippen molar-refractivity contribution in [3.63, 3.8) is 0 Å². The van der Waals surface area contributed by atoms with Crippen molar-refractivity contribution in [3.05, 3.63) is 29.7 Å². The second-order valence-electron chi connectivity index (χ2n) is 4.69. The number of nitrogens with zero attached hydrogens (tertiary/aromatic N) is 2. The number of hydrogen-bond acceptors (Lipinski definition) is 5. The van der Waals surface area contributed by atoms with Gasteiger partial charge in [-0.3, -0.25) is 14.7 Å². The monoisotopic (exact) mass is 307 g/mol. The van der Waals surface area contributed by atoms with Crippen LogP contribution in [-0.4, -0.2) is 58.9 Å². The van der Waals surface area contributed by atoms with Crippen molar-refractivity contribution in [2.45, 2.75) is 6.92 Å². The average molecular weight is 307 g/mol. The second-order valence-corrected chi connectivity index (χ2v) is 4.69. The molecule has 0 spiro atoms. The Morgan fingerprint density at radius 1 is 1.45 bits per heavy atom. The average Bonchev–Trinajstić information content (AvgIpc) is 3.10. The van der Waals surface area contributed by atoms with E-state index in [2.05, 4.69) is 10.2 Å². The van der Waals surface area contributed by atoms with Gasteiger partial charge in [0.25, 0.3) is 5.91 Å². The van der Waals surface area contributed by atoms with Gasteiger partial charge in [0.2, 0.25) is 0 Å². The number of nitrogens with one attached hydrogen (secondary N) is 1. The molecule has 0 saturated heterocycles. The maximum absolute atomic E-state index is 12.3. The molecule has 0 saturated carbocycles. The molecular formula is C14H17N3O5. The van der Waals surface area contributed by atoms with Crippen molar-refractivity contribution in [1.82, 2.24) is 15.1 Å². The SMILES string of the molecule is COCCN(CC(=O)O)C(=O)c1cc(-c2ccc(C)o2)[nH]n1. The summed E-state index contributed by atoms with van der Waals surface area (Å²) in [6, 6.07) is 5.09. The number of amides is 1. The molecule has 2 aromatic heterocycles. The predicted octanol–water partition coefficient (Wildman–Crippen LogP) is 1.15. The van der Waals surface area contributed by atoms with Crippen molar-refractivity contribution >= 4 is 11.9 Å². The highest BCUT2D eigenvalue weighted by Crippen LogP contribution is 2.20. The molecule has 0 radical (unpaired) electrons. The number of carbonyl (C=O) groups is 2. The van der Waals surface area contributed by atoms with E-state index in [1.54, 1.807) is 12.1 Å². The molecule has 118 valence electrons. The number of carbonyl (C=O) groups excluding carboxylic acids is 1. The Balaban J connectivity index is 2.16. The number of furan rings is 1. The van der Waals surface area contributed by atoms with Crippen LogP contribution in [0.3, 0.4) is 0 Å². The van der Waals surface area contributed by atoms with Gasteiger partial charge in [0.1, 0.15) is 18.0 Å². The van der Waals surface area contributed by atoms with Gasteiger partial charge in [-0.2, -0.15) is 5.10 Å². The lowest BCUT2D eigenvalue weighted by Crippen LogP contribution is -2.38. The number of rotatable bonds is 7. The van der Waals surface area contributed by atoms with Crippen LogP contribution in [0.2, 0.25) is 0 Å². The van der Waals surface area contributed by atoms with Crippen LogP contribution in [0.15, 0.2) is 22.6 Å². The summed E-state index contributed by atoms with van der Waals surface area (Å²) in [5.41, 5.74) is 0.680. The number of ether oxygens (including phenoxy) is 1. The van der Waals surface area contributed by atoms with Crippen molar-refractivity contribution in [2.24, 2.45) is 0 Å².